The summed E-state index contributed by atoms with van der Waals surface area (Å²) in [6.45, 7) is 4.80. The van der Waals surface area contributed by atoms with Gasteiger partial charge in [0.25, 0.3) is 0 Å². The lowest BCUT2D eigenvalue weighted by molar-refractivity contribution is 0.0440. The summed E-state index contributed by atoms with van der Waals surface area (Å²) in [5, 5.41) is 7.73. The molecular formula is C15H22BrN3O. The maximum atomic E-state index is 7.73. The van der Waals surface area contributed by atoms with Crippen molar-refractivity contribution in [2.45, 2.75) is 32.3 Å². The molecule has 1 aromatic rings. The molecule has 1 heterocycles. The highest BCUT2D eigenvalue weighted by atomic mass is 79.9. The molecule has 2 rings (SSSR count). The number of rotatable bonds is 5. The van der Waals surface area contributed by atoms with Crippen molar-refractivity contribution in [1.82, 2.24) is 0 Å². The molecule has 1 aliphatic rings. The van der Waals surface area contributed by atoms with Crippen LogP contribution in [0.4, 0.5) is 5.69 Å². The molecule has 110 valence electrons. The number of nitrogen functional groups attached to an aromatic ring is 1. The van der Waals surface area contributed by atoms with Gasteiger partial charge < -0.3 is 15.4 Å². The normalized spacial score (nSPS) is 19.1. The smallest absolute Gasteiger partial charge is 0.124 e. The fraction of sp³-hybridized carbons (Fsp3) is 0.533. The number of nitrogens with zero attached hydrogens (tertiary/aromatic N) is 1. The van der Waals surface area contributed by atoms with Crippen LogP contribution >= 0.6 is 15.9 Å². The first-order chi connectivity index (χ1) is 9.61. The highest BCUT2D eigenvalue weighted by Crippen LogP contribution is 2.28. The molecule has 0 saturated carbocycles. The zero-order valence-corrected chi connectivity index (χ0v) is 13.4. The number of hydrogen-bond acceptors (Lipinski definition) is 3. The zero-order chi connectivity index (χ0) is 14.5. The minimum absolute atomic E-state index is 0.115. The first-order valence-corrected chi connectivity index (χ1v) is 7.91. The third-order valence-corrected chi connectivity index (χ3v) is 4.02. The van der Waals surface area contributed by atoms with Crippen molar-refractivity contribution in [2.75, 3.05) is 24.6 Å². The highest BCUT2D eigenvalue weighted by Gasteiger charge is 2.22. The van der Waals surface area contributed by atoms with E-state index in [-0.39, 0.29) is 11.9 Å². The van der Waals surface area contributed by atoms with Gasteiger partial charge in [-0.1, -0.05) is 22.9 Å². The lowest BCUT2D eigenvalue weighted by Crippen LogP contribution is -2.40. The Morgan fingerprint density at radius 1 is 1.55 bits per heavy atom. The second-order valence-electron chi connectivity index (χ2n) is 5.16. The third-order valence-electron chi connectivity index (χ3n) is 3.53. The van der Waals surface area contributed by atoms with Crippen LogP contribution in [0.2, 0.25) is 0 Å². The van der Waals surface area contributed by atoms with E-state index in [1.165, 1.54) is 0 Å². The van der Waals surface area contributed by atoms with E-state index < -0.39 is 0 Å². The van der Waals surface area contributed by atoms with Crippen LogP contribution in [-0.2, 0) is 4.74 Å². The zero-order valence-electron chi connectivity index (χ0n) is 11.9. The lowest BCUT2D eigenvalue weighted by atomic mass is 10.0. The van der Waals surface area contributed by atoms with Crippen molar-refractivity contribution in [2.24, 2.45) is 5.73 Å². The number of hydrogen-bond donors (Lipinski definition) is 2. The minimum atomic E-state index is 0.115. The van der Waals surface area contributed by atoms with Crippen molar-refractivity contribution in [3.63, 3.8) is 0 Å². The summed E-state index contributed by atoms with van der Waals surface area (Å²) in [6, 6.07) is 5.87. The predicted octanol–water partition coefficient (Wildman–Crippen LogP) is 3.13. The lowest BCUT2D eigenvalue weighted by Gasteiger charge is -2.35. The molecule has 1 aliphatic heterocycles. The van der Waals surface area contributed by atoms with E-state index in [9.17, 15) is 0 Å². The molecule has 1 fully saturated rings. The molecular weight excluding hydrogens is 318 g/mol. The van der Waals surface area contributed by atoms with Gasteiger partial charge in [0.15, 0.2) is 0 Å². The van der Waals surface area contributed by atoms with Crippen LogP contribution in [0, 0.1) is 5.41 Å². The van der Waals surface area contributed by atoms with Gasteiger partial charge in [0, 0.05) is 35.4 Å². The van der Waals surface area contributed by atoms with Gasteiger partial charge in [-0.15, -0.1) is 0 Å². The van der Waals surface area contributed by atoms with Crippen LogP contribution in [-0.4, -0.2) is 31.6 Å². The Hall–Kier alpha value is -1.07. The number of piperidine rings is 1. The Labute approximate surface area is 128 Å². The van der Waals surface area contributed by atoms with Gasteiger partial charge in [-0.05, 0) is 37.5 Å². The Balaban J connectivity index is 2.17. The number of nitrogens with one attached hydrogen (secondary N) is 1. The van der Waals surface area contributed by atoms with Crippen LogP contribution in [0.25, 0.3) is 0 Å². The SMILES string of the molecule is CCCOC1CCCN(c2cc(Br)ccc2C(=N)N)C1. The Bertz CT molecular complexity index is 478. The summed E-state index contributed by atoms with van der Waals surface area (Å²) in [6.07, 6.45) is 3.55. The van der Waals surface area contributed by atoms with E-state index in [1.54, 1.807) is 0 Å². The molecule has 0 aliphatic carbocycles. The van der Waals surface area contributed by atoms with Gasteiger partial charge in [-0.25, -0.2) is 0 Å². The molecule has 4 nitrogen and oxygen atoms in total. The van der Waals surface area contributed by atoms with Gasteiger partial charge in [0.1, 0.15) is 5.84 Å². The molecule has 1 atom stereocenters. The highest BCUT2D eigenvalue weighted by molar-refractivity contribution is 9.10. The van der Waals surface area contributed by atoms with Gasteiger partial charge in [0.05, 0.1) is 6.10 Å². The molecule has 3 N–H and O–H groups in total. The molecule has 20 heavy (non-hydrogen) atoms. The molecule has 0 amide bonds. The van der Waals surface area contributed by atoms with Gasteiger partial charge in [-0.2, -0.15) is 0 Å². The monoisotopic (exact) mass is 339 g/mol. The predicted molar refractivity (Wildman–Crippen MR) is 86.6 cm³/mol. The fourth-order valence-corrected chi connectivity index (χ4v) is 2.92. The molecule has 0 spiro atoms. The number of amidine groups is 1. The largest absolute Gasteiger partial charge is 0.384 e. The van der Waals surface area contributed by atoms with Crippen LogP contribution in [0.15, 0.2) is 22.7 Å². The maximum absolute atomic E-state index is 7.73. The van der Waals surface area contributed by atoms with Crippen molar-refractivity contribution in [1.29, 1.82) is 5.41 Å². The van der Waals surface area contributed by atoms with E-state index in [4.69, 9.17) is 15.9 Å². The van der Waals surface area contributed by atoms with E-state index in [2.05, 4.69) is 27.8 Å². The molecule has 1 unspecified atom stereocenters. The van der Waals surface area contributed by atoms with Crippen molar-refractivity contribution in [3.05, 3.63) is 28.2 Å². The standard InChI is InChI=1S/C15H22BrN3O/c1-2-8-20-12-4-3-7-19(10-12)14-9-11(16)5-6-13(14)15(17)18/h5-6,9,12H,2-4,7-8,10H2,1H3,(H3,17,18). The topological polar surface area (TPSA) is 62.3 Å². The summed E-state index contributed by atoms with van der Waals surface area (Å²) < 4.78 is 6.88. The quantitative estimate of drug-likeness (QED) is 0.639. The first kappa shape index (κ1) is 15.3. The second kappa shape index (κ2) is 7.09. The molecule has 0 bridgehead atoms. The molecule has 0 radical (unpaired) electrons. The minimum Gasteiger partial charge on any atom is -0.384 e. The summed E-state index contributed by atoms with van der Waals surface area (Å²) in [5.74, 6) is 0.115. The first-order valence-electron chi connectivity index (χ1n) is 7.12. The van der Waals surface area contributed by atoms with Crippen molar-refractivity contribution >= 4 is 27.5 Å². The fourth-order valence-electron chi connectivity index (χ4n) is 2.57. The summed E-state index contributed by atoms with van der Waals surface area (Å²) in [4.78, 5) is 2.28. The van der Waals surface area contributed by atoms with Crippen molar-refractivity contribution < 1.29 is 4.74 Å². The Kier molecular flexibility index (Phi) is 5.43. The van der Waals surface area contributed by atoms with Crippen LogP contribution in [0.5, 0.6) is 0 Å². The van der Waals surface area contributed by atoms with Gasteiger partial charge in [0.2, 0.25) is 0 Å². The van der Waals surface area contributed by atoms with E-state index in [0.29, 0.717) is 0 Å². The number of halogens is 1. The number of anilines is 1. The molecule has 5 heteroatoms. The van der Waals surface area contributed by atoms with Gasteiger partial charge >= 0.3 is 0 Å². The average molecular weight is 340 g/mol. The number of nitrogens with two attached hydrogens (primary N) is 1. The van der Waals surface area contributed by atoms with E-state index in [1.807, 2.05) is 18.2 Å². The Morgan fingerprint density at radius 3 is 3.05 bits per heavy atom. The Morgan fingerprint density at radius 2 is 2.35 bits per heavy atom. The summed E-state index contributed by atoms with van der Waals surface area (Å²) in [5.41, 5.74) is 7.52. The number of ether oxygens (including phenoxy) is 1. The van der Waals surface area contributed by atoms with E-state index >= 15 is 0 Å². The summed E-state index contributed by atoms with van der Waals surface area (Å²) >= 11 is 3.50. The molecule has 1 aromatic carbocycles. The van der Waals surface area contributed by atoms with Crippen molar-refractivity contribution in [3.8, 4) is 0 Å². The van der Waals surface area contributed by atoms with Crippen LogP contribution in [0.1, 0.15) is 31.7 Å². The average Bonchev–Trinajstić information content (AvgIpc) is 2.45. The van der Waals surface area contributed by atoms with Gasteiger partial charge in [-0.3, -0.25) is 5.41 Å². The maximum Gasteiger partial charge on any atom is 0.124 e. The third kappa shape index (κ3) is 3.73. The molecule has 1 saturated heterocycles. The van der Waals surface area contributed by atoms with Crippen LogP contribution in [0.3, 0.4) is 0 Å². The van der Waals surface area contributed by atoms with E-state index in [0.717, 1.165) is 54.7 Å². The number of benzene rings is 1. The summed E-state index contributed by atoms with van der Waals surface area (Å²) in [7, 11) is 0. The molecule has 0 aromatic heterocycles. The van der Waals surface area contributed by atoms with Crippen LogP contribution < -0.4 is 10.6 Å². The second-order valence-corrected chi connectivity index (χ2v) is 6.07.